The quantitative estimate of drug-likeness (QED) is 0.229. The molecular weight excluding hydrogens is 468 g/mol. The summed E-state index contributed by atoms with van der Waals surface area (Å²) in [5.74, 6) is 0. The first-order valence-corrected chi connectivity index (χ1v) is 13.7. The molecule has 39 heavy (non-hydrogen) atoms. The van der Waals surface area contributed by atoms with Crippen molar-refractivity contribution in [3.8, 4) is 44.5 Å². The van der Waals surface area contributed by atoms with Crippen LogP contribution < -0.4 is 0 Å². The fourth-order valence-corrected chi connectivity index (χ4v) is 6.64. The molecule has 2 aliphatic carbocycles. The van der Waals surface area contributed by atoms with Crippen molar-refractivity contribution in [3.63, 3.8) is 0 Å². The molecule has 6 aromatic rings. The number of hydrogen-bond acceptors (Lipinski definition) is 0. The molecule has 0 amide bonds. The number of hydrogen-bond donors (Lipinski definition) is 0. The van der Waals surface area contributed by atoms with Gasteiger partial charge < -0.3 is 0 Å². The van der Waals surface area contributed by atoms with Gasteiger partial charge in [0.1, 0.15) is 0 Å². The fraction of sp³-hybridized carbons (Fsp3) is 0.0256. The summed E-state index contributed by atoms with van der Waals surface area (Å²) >= 11 is 0. The van der Waals surface area contributed by atoms with E-state index in [4.69, 9.17) is 0 Å². The molecule has 0 N–H and O–H groups in total. The van der Waals surface area contributed by atoms with Crippen LogP contribution in [0.25, 0.3) is 71.6 Å². The molecule has 0 bridgehead atoms. The zero-order valence-electron chi connectivity index (χ0n) is 21.6. The van der Waals surface area contributed by atoms with Gasteiger partial charge in [-0.25, -0.2) is 0 Å². The predicted octanol–water partition coefficient (Wildman–Crippen LogP) is 10.9. The third-order valence-corrected chi connectivity index (χ3v) is 8.23. The van der Waals surface area contributed by atoms with E-state index >= 15 is 0 Å². The van der Waals surface area contributed by atoms with Crippen LogP contribution in [0.4, 0.5) is 0 Å². The van der Waals surface area contributed by atoms with Crippen molar-refractivity contribution >= 4 is 27.1 Å². The molecule has 0 radical (unpaired) electrons. The highest BCUT2D eigenvalue weighted by Crippen LogP contribution is 2.57. The lowest BCUT2D eigenvalue weighted by atomic mass is 9.82. The Labute approximate surface area is 228 Å². The summed E-state index contributed by atoms with van der Waals surface area (Å²) in [5, 5.41) is 5.28. The minimum Gasteiger partial charge on any atom is -0.0807 e. The lowest BCUT2D eigenvalue weighted by molar-refractivity contribution is 1.41. The molecule has 0 saturated heterocycles. The first-order valence-electron chi connectivity index (χ1n) is 13.7. The predicted molar refractivity (Wildman–Crippen MR) is 168 cm³/mol. The van der Waals surface area contributed by atoms with Crippen LogP contribution in [0.5, 0.6) is 0 Å². The molecule has 0 unspecified atom stereocenters. The van der Waals surface area contributed by atoms with Gasteiger partial charge in [0.25, 0.3) is 0 Å². The Balaban J connectivity index is 1.57. The zero-order chi connectivity index (χ0) is 25.8. The standard InChI is InChI=1S/C39H26/c1-2-6-17-27(16-5-1)35-31-20-11-12-21-32(31)36(28-18-9-4-10-19-28)39-34-25-24-29(26-14-7-3-8-15-26)30-22-13-23-33(37(30)34)38(35)39/h1-5,7-25H,6H2. The van der Waals surface area contributed by atoms with Crippen molar-refractivity contribution in [1.82, 2.24) is 0 Å². The lowest BCUT2D eigenvalue weighted by Crippen LogP contribution is -1.95. The number of fused-ring (bicyclic) bond motifs is 4. The van der Waals surface area contributed by atoms with Crippen molar-refractivity contribution in [3.05, 3.63) is 151 Å². The second-order valence-corrected chi connectivity index (χ2v) is 10.3. The highest BCUT2D eigenvalue weighted by Gasteiger charge is 2.31. The molecule has 0 spiro atoms. The SMILES string of the molecule is C1=CCC=C(c2c3c(c(-c4ccccc4)c4ccccc24)-c2ccc(-c4ccccc4)c4cccc-3c24)C=C1. The topological polar surface area (TPSA) is 0 Å². The Morgan fingerprint density at radius 2 is 1.03 bits per heavy atom. The minimum absolute atomic E-state index is 0.932. The van der Waals surface area contributed by atoms with E-state index in [0.29, 0.717) is 0 Å². The van der Waals surface area contributed by atoms with Crippen molar-refractivity contribution in [2.75, 3.05) is 0 Å². The average molecular weight is 495 g/mol. The smallest absolute Gasteiger partial charge is 0.000741 e. The van der Waals surface area contributed by atoms with Crippen LogP contribution in [0, 0.1) is 0 Å². The molecule has 182 valence electrons. The molecule has 8 rings (SSSR count). The van der Waals surface area contributed by atoms with Crippen LogP contribution in [0.15, 0.2) is 146 Å². The van der Waals surface area contributed by atoms with Crippen LogP contribution in [-0.4, -0.2) is 0 Å². The Morgan fingerprint density at radius 1 is 0.410 bits per heavy atom. The molecule has 0 atom stereocenters. The van der Waals surface area contributed by atoms with E-state index in [1.165, 1.54) is 77.2 Å². The van der Waals surface area contributed by atoms with E-state index < -0.39 is 0 Å². The Bertz CT molecular complexity index is 2000. The molecular formula is C39H26. The van der Waals surface area contributed by atoms with Gasteiger partial charge in [-0.3, -0.25) is 0 Å². The van der Waals surface area contributed by atoms with Gasteiger partial charge in [0.05, 0.1) is 0 Å². The summed E-state index contributed by atoms with van der Waals surface area (Å²) in [4.78, 5) is 0. The average Bonchev–Trinajstić information content (AvgIpc) is 3.14. The number of rotatable bonds is 3. The Kier molecular flexibility index (Phi) is 5.00. The van der Waals surface area contributed by atoms with Crippen LogP contribution >= 0.6 is 0 Å². The van der Waals surface area contributed by atoms with Gasteiger partial charge >= 0.3 is 0 Å². The maximum Gasteiger partial charge on any atom is -0.000741 e. The molecule has 2 aliphatic rings. The van der Waals surface area contributed by atoms with Gasteiger partial charge in [-0.1, -0.05) is 146 Å². The molecule has 0 nitrogen and oxygen atoms in total. The lowest BCUT2D eigenvalue weighted by Gasteiger charge is -2.20. The van der Waals surface area contributed by atoms with Gasteiger partial charge in [-0.2, -0.15) is 0 Å². The van der Waals surface area contributed by atoms with E-state index in [2.05, 4.69) is 146 Å². The van der Waals surface area contributed by atoms with Crippen LogP contribution in [0.2, 0.25) is 0 Å². The molecule has 0 fully saturated rings. The fourth-order valence-electron chi connectivity index (χ4n) is 6.64. The van der Waals surface area contributed by atoms with Gasteiger partial charge in [0.15, 0.2) is 0 Å². The summed E-state index contributed by atoms with van der Waals surface area (Å²) in [5.41, 5.74) is 13.1. The van der Waals surface area contributed by atoms with Gasteiger partial charge in [-0.05, 0) is 83.6 Å². The molecule has 0 saturated carbocycles. The Hall–Kier alpha value is -4.94. The first kappa shape index (κ1) is 22.1. The number of allylic oxidation sites excluding steroid dienone is 6. The normalized spacial score (nSPS) is 13.5. The van der Waals surface area contributed by atoms with Gasteiger partial charge in [0.2, 0.25) is 0 Å². The Morgan fingerprint density at radius 3 is 1.82 bits per heavy atom. The van der Waals surface area contributed by atoms with Crippen LogP contribution in [-0.2, 0) is 0 Å². The third-order valence-electron chi connectivity index (χ3n) is 8.23. The molecule has 0 aromatic heterocycles. The monoisotopic (exact) mass is 494 g/mol. The molecule has 0 aliphatic heterocycles. The summed E-state index contributed by atoms with van der Waals surface area (Å²) < 4.78 is 0. The second kappa shape index (κ2) is 8.82. The zero-order valence-corrected chi connectivity index (χ0v) is 21.6. The van der Waals surface area contributed by atoms with Crippen LogP contribution in [0.3, 0.4) is 0 Å². The summed E-state index contributed by atoms with van der Waals surface area (Å²) in [6.07, 6.45) is 12.2. The minimum atomic E-state index is 0.932. The molecule has 6 aromatic carbocycles. The first-order chi connectivity index (χ1) is 19.4. The largest absolute Gasteiger partial charge is 0.0807 e. The maximum atomic E-state index is 2.38. The van der Waals surface area contributed by atoms with E-state index in [1.807, 2.05) is 0 Å². The summed E-state index contributed by atoms with van der Waals surface area (Å²) in [6.45, 7) is 0. The van der Waals surface area contributed by atoms with Crippen molar-refractivity contribution in [1.29, 1.82) is 0 Å². The van der Waals surface area contributed by atoms with E-state index in [9.17, 15) is 0 Å². The third kappa shape index (κ3) is 3.32. The summed E-state index contributed by atoms with van der Waals surface area (Å²) in [7, 11) is 0. The molecule has 0 heterocycles. The van der Waals surface area contributed by atoms with Crippen molar-refractivity contribution < 1.29 is 0 Å². The van der Waals surface area contributed by atoms with Gasteiger partial charge in [-0.15, -0.1) is 0 Å². The van der Waals surface area contributed by atoms with E-state index in [-0.39, 0.29) is 0 Å². The summed E-state index contributed by atoms with van der Waals surface area (Å²) in [6, 6.07) is 42.3. The second-order valence-electron chi connectivity index (χ2n) is 10.3. The maximum absolute atomic E-state index is 2.38. The van der Waals surface area contributed by atoms with Gasteiger partial charge in [0, 0.05) is 0 Å². The van der Waals surface area contributed by atoms with E-state index in [1.54, 1.807) is 0 Å². The number of benzene rings is 6. The van der Waals surface area contributed by atoms with E-state index in [0.717, 1.165) is 6.42 Å². The van der Waals surface area contributed by atoms with Crippen molar-refractivity contribution in [2.45, 2.75) is 6.42 Å². The van der Waals surface area contributed by atoms with Crippen LogP contribution in [0.1, 0.15) is 12.0 Å². The molecule has 0 heteroatoms. The van der Waals surface area contributed by atoms with Crippen molar-refractivity contribution in [2.24, 2.45) is 0 Å². The highest BCUT2D eigenvalue weighted by atomic mass is 14.3. The highest BCUT2D eigenvalue weighted by molar-refractivity contribution is 6.27.